The summed E-state index contributed by atoms with van der Waals surface area (Å²) in [5, 5.41) is 13.9. The van der Waals surface area contributed by atoms with Crippen molar-refractivity contribution >= 4 is 11.7 Å². The van der Waals surface area contributed by atoms with Crippen LogP contribution in [0.1, 0.15) is 27.7 Å². The minimum absolute atomic E-state index is 0.0401. The quantitative estimate of drug-likeness (QED) is 0.257. The second-order valence-electron chi connectivity index (χ2n) is 3.74. The predicted octanol–water partition coefficient (Wildman–Crippen LogP) is 0.284. The summed E-state index contributed by atoms with van der Waals surface area (Å²) in [6.45, 7) is 6.89. The average molecular weight is 187 g/mol. The zero-order valence-electron chi connectivity index (χ0n) is 8.46. The molecule has 0 atom stereocenters. The Morgan fingerprint density at radius 1 is 1.54 bits per heavy atom. The Morgan fingerprint density at radius 3 is 2.31 bits per heavy atom. The van der Waals surface area contributed by atoms with Crippen LogP contribution in [0.15, 0.2) is 5.16 Å². The van der Waals surface area contributed by atoms with Crippen molar-refractivity contribution in [2.24, 2.45) is 16.3 Å². The number of oxime groups is 1. The first-order chi connectivity index (χ1) is 5.82. The molecule has 5 heteroatoms. The molecule has 0 spiro atoms. The molecule has 0 unspecified atom stereocenters. The van der Waals surface area contributed by atoms with Crippen LogP contribution in [-0.2, 0) is 4.79 Å². The van der Waals surface area contributed by atoms with Crippen molar-refractivity contribution in [3.63, 3.8) is 0 Å². The lowest BCUT2D eigenvalue weighted by Crippen LogP contribution is -2.47. The average Bonchev–Trinajstić information content (AvgIpc) is 2.01. The molecular formula is C8H17N3O2. The summed E-state index contributed by atoms with van der Waals surface area (Å²) in [7, 11) is 0. The van der Waals surface area contributed by atoms with Crippen molar-refractivity contribution in [3.8, 4) is 0 Å². The molecule has 0 aromatic heterocycles. The van der Waals surface area contributed by atoms with E-state index < -0.39 is 5.41 Å². The molecule has 0 aliphatic rings. The summed E-state index contributed by atoms with van der Waals surface area (Å²) in [6.07, 6.45) is 0. The Morgan fingerprint density at radius 2 is 2.00 bits per heavy atom. The molecule has 0 bridgehead atoms. The smallest absolute Gasteiger partial charge is 0.233 e. The van der Waals surface area contributed by atoms with Gasteiger partial charge in [-0.1, -0.05) is 5.16 Å². The number of amides is 1. The van der Waals surface area contributed by atoms with Crippen LogP contribution in [0.25, 0.3) is 0 Å². The van der Waals surface area contributed by atoms with E-state index in [1.165, 1.54) is 0 Å². The van der Waals surface area contributed by atoms with Gasteiger partial charge < -0.3 is 16.3 Å². The monoisotopic (exact) mass is 187 g/mol. The molecule has 1 amide bonds. The normalized spacial score (nSPS) is 13.2. The zero-order chi connectivity index (χ0) is 10.6. The zero-order valence-corrected chi connectivity index (χ0v) is 8.46. The van der Waals surface area contributed by atoms with Crippen molar-refractivity contribution in [3.05, 3.63) is 0 Å². The van der Waals surface area contributed by atoms with Crippen LogP contribution in [-0.4, -0.2) is 23.0 Å². The van der Waals surface area contributed by atoms with Gasteiger partial charge in [-0.2, -0.15) is 0 Å². The molecule has 4 N–H and O–H groups in total. The first-order valence-corrected chi connectivity index (χ1v) is 4.11. The minimum Gasteiger partial charge on any atom is -0.409 e. The lowest BCUT2D eigenvalue weighted by atomic mass is 9.91. The van der Waals surface area contributed by atoms with Gasteiger partial charge in [0.1, 0.15) is 5.41 Å². The summed E-state index contributed by atoms with van der Waals surface area (Å²) in [6, 6.07) is 0.0401. The molecule has 0 aromatic carbocycles. The first kappa shape index (κ1) is 11.7. The number of hydrogen-bond donors (Lipinski definition) is 3. The summed E-state index contributed by atoms with van der Waals surface area (Å²) in [5.74, 6) is -0.344. The number of carbonyl (C=O) groups is 1. The number of hydrogen-bond acceptors (Lipinski definition) is 3. The topological polar surface area (TPSA) is 87.7 Å². The van der Waals surface area contributed by atoms with Gasteiger partial charge in [-0.3, -0.25) is 4.79 Å². The highest BCUT2D eigenvalue weighted by atomic mass is 16.4. The molecule has 0 aliphatic heterocycles. The highest BCUT2D eigenvalue weighted by Gasteiger charge is 2.32. The number of rotatable bonds is 3. The minimum atomic E-state index is -0.973. The molecule has 0 aromatic rings. The number of carbonyl (C=O) groups excluding carboxylic acids is 1. The van der Waals surface area contributed by atoms with Gasteiger partial charge in [0, 0.05) is 6.04 Å². The molecule has 5 nitrogen and oxygen atoms in total. The van der Waals surface area contributed by atoms with E-state index in [0.29, 0.717) is 0 Å². The number of amidine groups is 1. The fourth-order valence-electron chi connectivity index (χ4n) is 0.684. The summed E-state index contributed by atoms with van der Waals surface area (Å²) < 4.78 is 0. The first-order valence-electron chi connectivity index (χ1n) is 4.11. The van der Waals surface area contributed by atoms with E-state index >= 15 is 0 Å². The van der Waals surface area contributed by atoms with E-state index in [1.807, 2.05) is 13.8 Å². The Labute approximate surface area is 78.0 Å². The Kier molecular flexibility index (Phi) is 3.71. The number of nitrogens with one attached hydrogen (secondary N) is 1. The summed E-state index contributed by atoms with van der Waals surface area (Å²) >= 11 is 0. The highest BCUT2D eigenvalue weighted by molar-refractivity contribution is 6.05. The van der Waals surface area contributed by atoms with E-state index in [9.17, 15) is 4.79 Å². The third-order valence-electron chi connectivity index (χ3n) is 1.74. The molecule has 0 radical (unpaired) electrons. The van der Waals surface area contributed by atoms with Crippen LogP contribution in [0.5, 0.6) is 0 Å². The van der Waals surface area contributed by atoms with Crippen LogP contribution < -0.4 is 11.1 Å². The van der Waals surface area contributed by atoms with Crippen LogP contribution >= 0.6 is 0 Å². The molecular weight excluding hydrogens is 170 g/mol. The van der Waals surface area contributed by atoms with Gasteiger partial charge in [-0.15, -0.1) is 0 Å². The van der Waals surface area contributed by atoms with Crippen molar-refractivity contribution in [2.75, 3.05) is 0 Å². The maximum atomic E-state index is 11.5. The fourth-order valence-corrected chi connectivity index (χ4v) is 0.684. The van der Waals surface area contributed by atoms with Crippen LogP contribution in [0.3, 0.4) is 0 Å². The van der Waals surface area contributed by atoms with Crippen molar-refractivity contribution < 1.29 is 10.0 Å². The van der Waals surface area contributed by atoms with Crippen LogP contribution in [0.4, 0.5) is 0 Å². The third-order valence-corrected chi connectivity index (χ3v) is 1.74. The Balaban J connectivity index is 4.55. The number of nitrogens with two attached hydrogens (primary N) is 1. The van der Waals surface area contributed by atoms with Gasteiger partial charge in [0.15, 0.2) is 5.84 Å². The van der Waals surface area contributed by atoms with Gasteiger partial charge in [0.2, 0.25) is 5.91 Å². The van der Waals surface area contributed by atoms with Gasteiger partial charge >= 0.3 is 0 Å². The number of nitrogens with zero attached hydrogens (tertiary/aromatic N) is 1. The second kappa shape index (κ2) is 4.11. The summed E-state index contributed by atoms with van der Waals surface area (Å²) in [5.41, 5.74) is 4.39. The van der Waals surface area contributed by atoms with E-state index in [4.69, 9.17) is 10.9 Å². The van der Waals surface area contributed by atoms with Crippen LogP contribution in [0, 0.1) is 5.41 Å². The molecule has 0 heterocycles. The Hall–Kier alpha value is -1.26. The molecule has 76 valence electrons. The largest absolute Gasteiger partial charge is 0.409 e. The van der Waals surface area contributed by atoms with E-state index in [1.54, 1.807) is 13.8 Å². The summed E-state index contributed by atoms with van der Waals surface area (Å²) in [4.78, 5) is 11.5. The third kappa shape index (κ3) is 2.93. The fraction of sp³-hybridized carbons (Fsp3) is 0.750. The van der Waals surface area contributed by atoms with E-state index in [-0.39, 0.29) is 17.8 Å². The Bertz CT molecular complexity index is 221. The van der Waals surface area contributed by atoms with Crippen LogP contribution in [0.2, 0.25) is 0 Å². The van der Waals surface area contributed by atoms with Crippen molar-refractivity contribution in [1.82, 2.24) is 5.32 Å². The molecule has 0 saturated carbocycles. The molecule has 0 rings (SSSR count). The van der Waals surface area contributed by atoms with E-state index in [2.05, 4.69) is 10.5 Å². The van der Waals surface area contributed by atoms with E-state index in [0.717, 1.165) is 0 Å². The molecule has 13 heavy (non-hydrogen) atoms. The van der Waals surface area contributed by atoms with Gasteiger partial charge in [0.05, 0.1) is 0 Å². The molecule has 0 fully saturated rings. The standard InChI is InChI=1S/C8H17N3O2/c1-5(2)10-7(12)8(3,4)6(9)11-13/h5,13H,1-4H3,(H2,9,11)(H,10,12). The van der Waals surface area contributed by atoms with Gasteiger partial charge in [0.25, 0.3) is 0 Å². The maximum Gasteiger partial charge on any atom is 0.233 e. The lowest BCUT2D eigenvalue weighted by Gasteiger charge is -2.23. The second-order valence-corrected chi connectivity index (χ2v) is 3.74. The van der Waals surface area contributed by atoms with Crippen molar-refractivity contribution in [2.45, 2.75) is 33.7 Å². The van der Waals surface area contributed by atoms with Gasteiger partial charge in [-0.05, 0) is 27.7 Å². The predicted molar refractivity (Wildman–Crippen MR) is 50.5 cm³/mol. The van der Waals surface area contributed by atoms with Crippen molar-refractivity contribution in [1.29, 1.82) is 0 Å². The lowest BCUT2D eigenvalue weighted by molar-refractivity contribution is -0.126. The molecule has 0 saturated heterocycles. The van der Waals surface area contributed by atoms with Gasteiger partial charge in [-0.25, -0.2) is 0 Å². The maximum absolute atomic E-state index is 11.5. The SMILES string of the molecule is CC(C)NC(=O)C(C)(C)C(N)=NO. The highest BCUT2D eigenvalue weighted by Crippen LogP contribution is 2.15. The molecule has 0 aliphatic carbocycles.